The Kier molecular flexibility index (Phi) is 7.28. The highest BCUT2D eigenvalue weighted by molar-refractivity contribution is 6.40. The molecule has 0 spiro atoms. The Hall–Kier alpha value is -5.10. The van der Waals surface area contributed by atoms with Crippen LogP contribution in [0.1, 0.15) is 21.5 Å². The number of carbonyl (C=O) groups is 4. The van der Waals surface area contributed by atoms with Crippen LogP contribution in [0, 0.1) is 0 Å². The Morgan fingerprint density at radius 2 is 1.82 bits per heavy atom. The normalized spacial score (nSPS) is 12.7. The van der Waals surface area contributed by atoms with Gasteiger partial charge in [0.05, 0.1) is 11.4 Å². The Morgan fingerprint density at radius 3 is 2.59 bits per heavy atom. The van der Waals surface area contributed by atoms with Crippen LogP contribution in [0.5, 0.6) is 0 Å². The highest BCUT2D eigenvalue weighted by atomic mass is 35.5. The van der Waals surface area contributed by atoms with E-state index >= 15 is 0 Å². The minimum atomic E-state index is -1.09. The molecule has 12 nitrogen and oxygen atoms in total. The van der Waals surface area contributed by atoms with E-state index in [9.17, 15) is 19.2 Å². The van der Waals surface area contributed by atoms with Crippen molar-refractivity contribution in [1.82, 2.24) is 30.8 Å². The highest BCUT2D eigenvalue weighted by Crippen LogP contribution is 2.24. The van der Waals surface area contributed by atoms with Gasteiger partial charge in [-0.25, -0.2) is 0 Å². The lowest BCUT2D eigenvalue weighted by atomic mass is 10.0. The summed E-state index contributed by atoms with van der Waals surface area (Å²) < 4.78 is 1.30. The van der Waals surface area contributed by atoms with E-state index in [1.54, 1.807) is 30.3 Å². The van der Waals surface area contributed by atoms with Crippen molar-refractivity contribution in [2.45, 2.75) is 19.0 Å². The first-order valence-corrected chi connectivity index (χ1v) is 12.2. The first-order valence-electron chi connectivity index (χ1n) is 11.8. The summed E-state index contributed by atoms with van der Waals surface area (Å²) in [7, 11) is 0. The van der Waals surface area contributed by atoms with E-state index in [1.165, 1.54) is 17.1 Å². The fourth-order valence-corrected chi connectivity index (χ4v) is 4.25. The zero-order valence-electron chi connectivity index (χ0n) is 20.2. The van der Waals surface area contributed by atoms with Crippen molar-refractivity contribution in [3.63, 3.8) is 0 Å². The summed E-state index contributed by atoms with van der Waals surface area (Å²) in [6.07, 6.45) is 1.45. The maximum Gasteiger partial charge on any atom is 0.313 e. The maximum absolute atomic E-state index is 13.3. The maximum atomic E-state index is 13.3. The summed E-state index contributed by atoms with van der Waals surface area (Å²) in [6.45, 7) is 0.359. The molecule has 0 saturated heterocycles. The molecule has 5 rings (SSSR count). The number of hydrogen-bond acceptors (Lipinski definition) is 7. The molecule has 1 aromatic heterocycles. The summed E-state index contributed by atoms with van der Waals surface area (Å²) in [5, 5.41) is 21.8. The van der Waals surface area contributed by atoms with Crippen LogP contribution in [-0.2, 0) is 27.3 Å². The van der Waals surface area contributed by atoms with Gasteiger partial charge in [0.1, 0.15) is 12.4 Å². The number of nitrogens with zero attached hydrogens (tertiary/aromatic N) is 4. The smallest absolute Gasteiger partial charge is 0.313 e. The van der Waals surface area contributed by atoms with Crippen LogP contribution in [0.2, 0.25) is 5.02 Å². The summed E-state index contributed by atoms with van der Waals surface area (Å²) >= 11 is 6.09. The molecule has 0 radical (unpaired) electrons. The van der Waals surface area contributed by atoms with Crippen LogP contribution in [0.25, 0.3) is 5.69 Å². The fourth-order valence-electron chi connectivity index (χ4n) is 4.08. The number of aromatic nitrogens is 4. The predicted octanol–water partition coefficient (Wildman–Crippen LogP) is 1.86. The number of rotatable bonds is 7. The molecule has 0 unspecified atom stereocenters. The lowest BCUT2D eigenvalue weighted by molar-refractivity contribution is -0.137. The third kappa shape index (κ3) is 5.91. The summed E-state index contributed by atoms with van der Waals surface area (Å²) in [5.41, 5.74) is 3.10. The Morgan fingerprint density at radius 1 is 1.00 bits per heavy atom. The van der Waals surface area contributed by atoms with Gasteiger partial charge in [0, 0.05) is 29.2 Å². The second kappa shape index (κ2) is 11.1. The monoisotopic (exact) mass is 544 g/mol. The van der Waals surface area contributed by atoms with Crippen LogP contribution < -0.4 is 21.3 Å². The van der Waals surface area contributed by atoms with Gasteiger partial charge in [0.15, 0.2) is 0 Å². The number of anilines is 2. The molecule has 2 heterocycles. The second-order valence-corrected chi connectivity index (χ2v) is 9.07. The van der Waals surface area contributed by atoms with Crippen molar-refractivity contribution >= 4 is 46.6 Å². The Balaban J connectivity index is 1.33. The molecule has 4 aromatic rings. The van der Waals surface area contributed by atoms with Crippen molar-refractivity contribution in [3.8, 4) is 5.69 Å². The number of hydrogen-bond donors (Lipinski definition) is 4. The average molecular weight is 545 g/mol. The zero-order chi connectivity index (χ0) is 27.4. The van der Waals surface area contributed by atoms with E-state index in [0.717, 1.165) is 11.1 Å². The molecule has 0 bridgehead atoms. The van der Waals surface area contributed by atoms with E-state index in [2.05, 4.69) is 36.8 Å². The van der Waals surface area contributed by atoms with E-state index in [1.807, 2.05) is 30.3 Å². The molecule has 0 saturated carbocycles. The quantitative estimate of drug-likeness (QED) is 0.258. The number of tetrazole rings is 1. The van der Waals surface area contributed by atoms with Crippen molar-refractivity contribution in [2.75, 3.05) is 10.6 Å². The van der Waals surface area contributed by atoms with Gasteiger partial charge < -0.3 is 21.3 Å². The molecule has 0 aliphatic carbocycles. The van der Waals surface area contributed by atoms with Gasteiger partial charge in [-0.15, -0.1) is 5.10 Å². The van der Waals surface area contributed by atoms with Crippen molar-refractivity contribution in [3.05, 3.63) is 94.8 Å². The minimum Gasteiger partial charge on any atom is -0.348 e. The fraction of sp³-hybridized carbons (Fsp3) is 0.115. The number of amides is 4. The zero-order valence-corrected chi connectivity index (χ0v) is 21.0. The molecule has 4 N–H and O–H groups in total. The third-order valence-electron chi connectivity index (χ3n) is 5.97. The number of halogens is 1. The van der Waals surface area contributed by atoms with Crippen molar-refractivity contribution in [2.24, 2.45) is 0 Å². The lowest BCUT2D eigenvalue weighted by Crippen LogP contribution is -2.49. The number of nitrogens with one attached hydrogen (secondary N) is 4. The molecule has 3 aromatic carbocycles. The molecule has 196 valence electrons. The van der Waals surface area contributed by atoms with Gasteiger partial charge in [0.2, 0.25) is 5.91 Å². The summed E-state index contributed by atoms with van der Waals surface area (Å²) in [5.74, 6) is -2.75. The van der Waals surface area contributed by atoms with Gasteiger partial charge in [0.25, 0.3) is 5.91 Å². The van der Waals surface area contributed by atoms with Gasteiger partial charge in [-0.05, 0) is 58.0 Å². The van der Waals surface area contributed by atoms with Gasteiger partial charge in [-0.1, -0.05) is 41.9 Å². The summed E-state index contributed by atoms with van der Waals surface area (Å²) in [4.78, 5) is 50.9. The molecule has 4 amide bonds. The predicted molar refractivity (Wildman–Crippen MR) is 141 cm³/mol. The number of carbonyl (C=O) groups excluding carboxylic acids is 4. The molecule has 1 atom stereocenters. The molecule has 1 aliphatic heterocycles. The first-order chi connectivity index (χ1) is 18.9. The standard InChI is InChI=1S/C26H21ClN8O4/c27-17-6-9-22(35-14-29-33-34-35)20(12-17)31-25(38)26(39)32-21(10-15-4-2-1-3-5-15)24(37)30-18-7-8-19-16(11-18)13-28-23(19)36/h1-9,11-12,14,21H,10,13H2,(H,28,36)(H,30,37)(H,31,38)(H,32,39)/t21-/m0/s1. The minimum absolute atomic E-state index is 0.129. The van der Waals surface area contributed by atoms with Crippen molar-refractivity contribution in [1.29, 1.82) is 0 Å². The third-order valence-corrected chi connectivity index (χ3v) is 6.21. The summed E-state index contributed by atoms with van der Waals surface area (Å²) in [6, 6.07) is 17.5. The van der Waals surface area contributed by atoms with Gasteiger partial charge in [-0.2, -0.15) is 4.68 Å². The van der Waals surface area contributed by atoms with E-state index in [-0.39, 0.29) is 18.0 Å². The van der Waals surface area contributed by atoms with E-state index < -0.39 is 23.8 Å². The SMILES string of the molecule is O=C(Nc1cc(Cl)ccc1-n1cnnn1)C(=O)N[C@@H](Cc1ccccc1)C(=O)Nc1ccc2c(c1)CNC2=O. The molecular weight excluding hydrogens is 524 g/mol. The molecule has 1 aliphatic rings. The Labute approximate surface area is 226 Å². The molecule has 0 fully saturated rings. The van der Waals surface area contributed by atoms with Crippen LogP contribution in [0.15, 0.2) is 73.1 Å². The van der Waals surface area contributed by atoms with Crippen molar-refractivity contribution < 1.29 is 19.2 Å². The number of benzene rings is 3. The van der Waals surface area contributed by atoms with Crippen LogP contribution in [0.3, 0.4) is 0 Å². The lowest BCUT2D eigenvalue weighted by Gasteiger charge is -2.19. The van der Waals surface area contributed by atoms with E-state index in [4.69, 9.17) is 11.6 Å². The topological polar surface area (TPSA) is 160 Å². The van der Waals surface area contributed by atoms with Crippen LogP contribution in [-0.4, -0.2) is 49.9 Å². The highest BCUT2D eigenvalue weighted by Gasteiger charge is 2.26. The van der Waals surface area contributed by atoms with E-state index in [0.29, 0.717) is 28.5 Å². The Bertz CT molecular complexity index is 1560. The second-order valence-electron chi connectivity index (χ2n) is 8.63. The average Bonchev–Trinajstić information content (AvgIpc) is 3.59. The van der Waals surface area contributed by atoms with Crippen LogP contribution in [0.4, 0.5) is 11.4 Å². The molecule has 39 heavy (non-hydrogen) atoms. The van der Waals surface area contributed by atoms with Gasteiger partial charge >= 0.3 is 11.8 Å². The molecular formula is C26H21ClN8O4. The first kappa shape index (κ1) is 25.5. The van der Waals surface area contributed by atoms with Crippen LogP contribution >= 0.6 is 11.6 Å². The largest absolute Gasteiger partial charge is 0.348 e. The van der Waals surface area contributed by atoms with Gasteiger partial charge in [-0.3, -0.25) is 19.2 Å². The number of fused-ring (bicyclic) bond motifs is 1. The molecule has 13 heteroatoms.